The number of amides is 1. The molecule has 2 N–H and O–H groups in total. The Morgan fingerprint density at radius 2 is 1.83 bits per heavy atom. The Hall–Kier alpha value is -2.10. The normalized spacial score (nSPS) is 26.1. The van der Waals surface area contributed by atoms with Gasteiger partial charge >= 0.3 is 0 Å². The van der Waals surface area contributed by atoms with Gasteiger partial charge in [0.1, 0.15) is 5.41 Å². The van der Waals surface area contributed by atoms with Gasteiger partial charge in [-0.25, -0.2) is 0 Å². The number of likely N-dealkylation sites (tertiary alicyclic amines) is 1. The van der Waals surface area contributed by atoms with E-state index in [1.807, 2.05) is 30.3 Å². The fourth-order valence-corrected chi connectivity index (χ4v) is 5.21. The summed E-state index contributed by atoms with van der Waals surface area (Å²) < 4.78 is 0. The summed E-state index contributed by atoms with van der Waals surface area (Å²) in [4.78, 5) is 15.3. The molecule has 0 aromatic heterocycles. The lowest BCUT2D eigenvalue weighted by atomic mass is 9.68. The number of aliphatic hydroxyl groups is 1. The van der Waals surface area contributed by atoms with Gasteiger partial charge in [0.15, 0.2) is 0 Å². The third kappa shape index (κ3) is 6.37. The quantitative estimate of drug-likeness (QED) is 0.559. The molecule has 0 aliphatic carbocycles. The maximum Gasteiger partial charge on any atom is 0.240 e. The molecule has 4 atom stereocenters. The standard InChI is InChI=1S/C23H23Cl2N3O2.C5H12/c24-17-8-6-16(7-9-17)23(13-26)14-27-21(20(23)15-3-1-4-18(25)11-15)22(30)28-10-2-5-19(28)12-29;1-5(2,3)4/h1,3-4,6-9,11,19-21,27,29H,2,5,10,12,14H2;1-4H3/t19?,20-,21?,23?;/m1./s1. The van der Waals surface area contributed by atoms with Crippen LogP contribution in [0.2, 0.25) is 10.0 Å². The molecule has 4 rings (SSSR count). The number of aliphatic hydroxyl groups excluding tert-OH is 1. The maximum atomic E-state index is 13.6. The molecule has 0 spiro atoms. The van der Waals surface area contributed by atoms with E-state index >= 15 is 0 Å². The molecule has 0 saturated carbocycles. The summed E-state index contributed by atoms with van der Waals surface area (Å²) in [5.41, 5.74) is 1.19. The largest absolute Gasteiger partial charge is 0.394 e. The first-order chi connectivity index (χ1) is 16.5. The topological polar surface area (TPSA) is 76.4 Å². The van der Waals surface area contributed by atoms with Crippen LogP contribution < -0.4 is 5.32 Å². The van der Waals surface area contributed by atoms with Crippen molar-refractivity contribution in [2.45, 2.75) is 64.0 Å². The lowest BCUT2D eigenvalue weighted by molar-refractivity contribution is -0.135. The number of benzene rings is 2. The van der Waals surface area contributed by atoms with Crippen LogP contribution in [0.3, 0.4) is 0 Å². The highest BCUT2D eigenvalue weighted by molar-refractivity contribution is 6.30. The van der Waals surface area contributed by atoms with Crippen molar-refractivity contribution in [3.8, 4) is 6.07 Å². The Labute approximate surface area is 219 Å². The van der Waals surface area contributed by atoms with Crippen molar-refractivity contribution < 1.29 is 9.90 Å². The molecular formula is C28H35Cl2N3O2. The van der Waals surface area contributed by atoms with Crippen LogP contribution in [0.25, 0.3) is 0 Å². The van der Waals surface area contributed by atoms with Crippen LogP contribution in [0.5, 0.6) is 0 Å². The predicted molar refractivity (Wildman–Crippen MR) is 142 cm³/mol. The van der Waals surface area contributed by atoms with Gasteiger partial charge in [0.25, 0.3) is 0 Å². The van der Waals surface area contributed by atoms with Crippen LogP contribution >= 0.6 is 23.2 Å². The van der Waals surface area contributed by atoms with Gasteiger partial charge in [0.05, 0.1) is 24.8 Å². The van der Waals surface area contributed by atoms with Crippen LogP contribution in [-0.4, -0.2) is 47.7 Å². The Morgan fingerprint density at radius 3 is 2.40 bits per heavy atom. The molecule has 2 aromatic rings. The molecule has 2 aliphatic rings. The average Bonchev–Trinajstić information content (AvgIpc) is 3.43. The number of nitriles is 1. The van der Waals surface area contributed by atoms with E-state index in [4.69, 9.17) is 23.2 Å². The summed E-state index contributed by atoms with van der Waals surface area (Å²) in [6.45, 7) is 9.64. The number of carbonyl (C=O) groups excluding carboxylic acids is 1. The van der Waals surface area contributed by atoms with Gasteiger partial charge in [0.2, 0.25) is 5.91 Å². The smallest absolute Gasteiger partial charge is 0.240 e. The van der Waals surface area contributed by atoms with Gasteiger partial charge in [-0.2, -0.15) is 5.26 Å². The van der Waals surface area contributed by atoms with E-state index in [1.165, 1.54) is 0 Å². The zero-order chi connectivity index (χ0) is 25.8. The number of hydrogen-bond acceptors (Lipinski definition) is 4. The molecule has 2 heterocycles. The molecule has 0 radical (unpaired) electrons. The minimum absolute atomic E-state index is 0.0547. The molecule has 188 valence electrons. The van der Waals surface area contributed by atoms with E-state index in [2.05, 4.69) is 39.1 Å². The van der Waals surface area contributed by atoms with E-state index in [9.17, 15) is 15.2 Å². The second-order valence-corrected chi connectivity index (χ2v) is 11.9. The predicted octanol–water partition coefficient (Wildman–Crippen LogP) is 5.55. The molecule has 35 heavy (non-hydrogen) atoms. The third-order valence-corrected chi connectivity index (χ3v) is 6.86. The van der Waals surface area contributed by atoms with Gasteiger partial charge < -0.3 is 15.3 Å². The first-order valence-electron chi connectivity index (χ1n) is 12.1. The summed E-state index contributed by atoms with van der Waals surface area (Å²) in [7, 11) is 0. The van der Waals surface area contributed by atoms with Gasteiger partial charge in [-0.15, -0.1) is 0 Å². The minimum atomic E-state index is -0.954. The van der Waals surface area contributed by atoms with Gasteiger partial charge in [-0.1, -0.05) is 75.2 Å². The Bertz CT molecular complexity index is 1060. The van der Waals surface area contributed by atoms with E-state index < -0.39 is 17.4 Å². The Kier molecular flexibility index (Phi) is 8.88. The zero-order valence-corrected chi connectivity index (χ0v) is 22.4. The van der Waals surface area contributed by atoms with E-state index in [1.54, 1.807) is 23.1 Å². The number of halogens is 2. The van der Waals surface area contributed by atoms with Crippen molar-refractivity contribution in [3.63, 3.8) is 0 Å². The number of hydrogen-bond donors (Lipinski definition) is 2. The highest BCUT2D eigenvalue weighted by Gasteiger charge is 2.54. The van der Waals surface area contributed by atoms with E-state index in [0.717, 1.165) is 24.0 Å². The zero-order valence-electron chi connectivity index (χ0n) is 20.9. The molecule has 5 nitrogen and oxygen atoms in total. The lowest BCUT2D eigenvalue weighted by Gasteiger charge is -2.33. The maximum absolute atomic E-state index is 13.6. The third-order valence-electron chi connectivity index (χ3n) is 6.37. The highest BCUT2D eigenvalue weighted by atomic mass is 35.5. The molecule has 2 aliphatic heterocycles. The van der Waals surface area contributed by atoms with Crippen LogP contribution in [0.15, 0.2) is 48.5 Å². The van der Waals surface area contributed by atoms with Crippen molar-refractivity contribution in [3.05, 3.63) is 69.7 Å². The minimum Gasteiger partial charge on any atom is -0.394 e. The second kappa shape index (κ2) is 11.3. The summed E-state index contributed by atoms with van der Waals surface area (Å²) >= 11 is 12.4. The number of nitrogens with one attached hydrogen (secondary N) is 1. The van der Waals surface area contributed by atoms with Crippen LogP contribution in [0.1, 0.15) is 57.6 Å². The van der Waals surface area contributed by atoms with Crippen molar-refractivity contribution in [2.75, 3.05) is 19.7 Å². The Morgan fingerprint density at radius 1 is 1.17 bits per heavy atom. The molecule has 3 unspecified atom stereocenters. The number of carbonyl (C=O) groups is 1. The SMILES string of the molecule is CC(C)(C)C.N#CC1(c2ccc(Cl)cc2)CNC(C(=O)N2CCCC2CO)[C@H]1c1cccc(Cl)c1. The van der Waals surface area contributed by atoms with Crippen LogP contribution in [-0.2, 0) is 10.2 Å². The molecule has 0 bridgehead atoms. The van der Waals surface area contributed by atoms with Crippen LogP contribution in [0, 0.1) is 16.7 Å². The Balaban J connectivity index is 0.000000623. The van der Waals surface area contributed by atoms with Gasteiger partial charge in [-0.05, 0) is 53.6 Å². The summed E-state index contributed by atoms with van der Waals surface area (Å²) in [5, 5.41) is 24.6. The molecular weight excluding hydrogens is 481 g/mol. The molecule has 1 amide bonds. The lowest BCUT2D eigenvalue weighted by Crippen LogP contribution is -2.49. The van der Waals surface area contributed by atoms with E-state index in [-0.39, 0.29) is 18.6 Å². The van der Waals surface area contributed by atoms with Gasteiger partial charge in [0, 0.05) is 29.1 Å². The monoisotopic (exact) mass is 515 g/mol. The first kappa shape index (κ1) is 27.5. The number of rotatable bonds is 4. The highest BCUT2D eigenvalue weighted by Crippen LogP contribution is 2.46. The number of nitrogens with zero attached hydrogens (tertiary/aromatic N) is 2. The second-order valence-electron chi connectivity index (χ2n) is 11.0. The average molecular weight is 517 g/mol. The van der Waals surface area contributed by atoms with Crippen molar-refractivity contribution in [1.29, 1.82) is 5.26 Å². The fraction of sp³-hybridized carbons (Fsp3) is 0.500. The summed E-state index contributed by atoms with van der Waals surface area (Å²) in [5.74, 6) is -0.516. The van der Waals surface area contributed by atoms with Crippen molar-refractivity contribution >= 4 is 29.1 Å². The van der Waals surface area contributed by atoms with Crippen molar-refractivity contribution in [2.24, 2.45) is 5.41 Å². The van der Waals surface area contributed by atoms with Crippen molar-refractivity contribution in [1.82, 2.24) is 10.2 Å². The first-order valence-corrected chi connectivity index (χ1v) is 12.8. The molecule has 2 aromatic carbocycles. The summed E-state index contributed by atoms with van der Waals surface area (Å²) in [6.07, 6.45) is 1.66. The molecule has 2 saturated heterocycles. The van der Waals surface area contributed by atoms with E-state index in [0.29, 0.717) is 28.5 Å². The molecule has 7 heteroatoms. The summed E-state index contributed by atoms with van der Waals surface area (Å²) in [6, 6.07) is 16.3. The van der Waals surface area contributed by atoms with Gasteiger partial charge in [-0.3, -0.25) is 4.79 Å². The van der Waals surface area contributed by atoms with Crippen LogP contribution in [0.4, 0.5) is 0 Å². The molecule has 2 fully saturated rings. The fourth-order valence-electron chi connectivity index (χ4n) is 4.89.